The molecule has 4 aromatic rings. The summed E-state index contributed by atoms with van der Waals surface area (Å²) in [7, 11) is 0. The summed E-state index contributed by atoms with van der Waals surface area (Å²) < 4.78 is 2.73. The maximum atomic E-state index is 13.4. The minimum Gasteiger partial charge on any atom is -0.272 e. The summed E-state index contributed by atoms with van der Waals surface area (Å²) in [6, 6.07) is 17.4. The van der Waals surface area contributed by atoms with E-state index in [9.17, 15) is 4.79 Å². The lowest BCUT2D eigenvalue weighted by atomic mass is 10.1. The first-order valence-corrected chi connectivity index (χ1v) is 9.76. The lowest BCUT2D eigenvalue weighted by Crippen LogP contribution is -2.33. The molecule has 0 aliphatic rings. The fourth-order valence-corrected chi connectivity index (χ4v) is 3.97. The van der Waals surface area contributed by atoms with Gasteiger partial charge in [0.25, 0.3) is 5.91 Å². The molecule has 0 aliphatic heterocycles. The predicted molar refractivity (Wildman–Crippen MR) is 110 cm³/mol. The van der Waals surface area contributed by atoms with E-state index in [4.69, 9.17) is 4.98 Å². The Kier molecular flexibility index (Phi) is 4.73. The summed E-state index contributed by atoms with van der Waals surface area (Å²) in [5.74, 6) is -0.0676. The van der Waals surface area contributed by atoms with Crippen LogP contribution in [0, 0.1) is 0 Å². The lowest BCUT2D eigenvalue weighted by molar-refractivity contribution is -0.120. The van der Waals surface area contributed by atoms with Crippen molar-refractivity contribution < 1.29 is 4.79 Å². The van der Waals surface area contributed by atoms with Gasteiger partial charge in [-0.15, -0.1) is 0 Å². The highest BCUT2D eigenvalue weighted by Gasteiger charge is 2.27. The van der Waals surface area contributed by atoms with Crippen molar-refractivity contribution in [1.29, 1.82) is 0 Å². The Morgan fingerprint density at radius 2 is 1.93 bits per heavy atom. The molecule has 1 amide bonds. The number of aryl methyl sites for hydroxylation is 1. The van der Waals surface area contributed by atoms with Gasteiger partial charge < -0.3 is 0 Å². The van der Waals surface area contributed by atoms with Gasteiger partial charge in [-0.3, -0.25) is 14.4 Å². The topological polar surface area (TPSA) is 51.0 Å². The summed E-state index contributed by atoms with van der Waals surface area (Å²) in [4.78, 5) is 19.8. The number of para-hydroxylation sites is 1. The van der Waals surface area contributed by atoms with Crippen molar-refractivity contribution in [1.82, 2.24) is 14.8 Å². The van der Waals surface area contributed by atoms with Crippen molar-refractivity contribution in [2.24, 2.45) is 0 Å². The van der Waals surface area contributed by atoms with Crippen LogP contribution in [-0.4, -0.2) is 20.7 Å². The van der Waals surface area contributed by atoms with Crippen molar-refractivity contribution in [2.75, 3.05) is 4.90 Å². The number of benzene rings is 2. The van der Waals surface area contributed by atoms with Crippen molar-refractivity contribution in [3.05, 3.63) is 72.6 Å². The Balaban J connectivity index is 1.79. The van der Waals surface area contributed by atoms with E-state index < -0.39 is 6.04 Å². The van der Waals surface area contributed by atoms with E-state index in [0.717, 1.165) is 22.3 Å². The molecule has 1 unspecified atom stereocenters. The lowest BCUT2D eigenvalue weighted by Gasteiger charge is -2.24. The first-order chi connectivity index (χ1) is 13.2. The van der Waals surface area contributed by atoms with Gasteiger partial charge in [0, 0.05) is 12.4 Å². The number of hydrogen-bond donors (Lipinski definition) is 0. The Morgan fingerprint density at radius 3 is 2.59 bits per heavy atom. The Labute approximate surface area is 161 Å². The van der Waals surface area contributed by atoms with Crippen LogP contribution < -0.4 is 4.90 Å². The zero-order valence-corrected chi connectivity index (χ0v) is 16.1. The molecule has 0 saturated heterocycles. The minimum absolute atomic E-state index is 0.0676. The number of hydrogen-bond acceptors (Lipinski definition) is 4. The molecule has 0 spiro atoms. The molecule has 6 heteroatoms. The van der Waals surface area contributed by atoms with E-state index in [2.05, 4.69) is 24.2 Å². The first-order valence-electron chi connectivity index (χ1n) is 8.95. The molecule has 0 aliphatic carbocycles. The monoisotopic (exact) mass is 376 g/mol. The van der Waals surface area contributed by atoms with Crippen molar-refractivity contribution in [3.8, 4) is 0 Å². The summed E-state index contributed by atoms with van der Waals surface area (Å²) in [5.41, 5.74) is 2.94. The molecule has 2 aromatic heterocycles. The van der Waals surface area contributed by atoms with Crippen LogP contribution >= 0.6 is 11.3 Å². The van der Waals surface area contributed by atoms with Gasteiger partial charge in [0.15, 0.2) is 5.13 Å². The second-order valence-electron chi connectivity index (χ2n) is 6.32. The van der Waals surface area contributed by atoms with Crippen LogP contribution in [0.25, 0.3) is 10.2 Å². The van der Waals surface area contributed by atoms with Gasteiger partial charge in [0.1, 0.15) is 6.04 Å². The standard InChI is InChI=1S/C21H20N4OS/c1-3-16-9-11-17(12-10-16)25(20(26)15(2)24-14-6-13-22-24)21-23-18-7-4-5-8-19(18)27-21/h4-15H,3H2,1-2H3. The van der Waals surface area contributed by atoms with Crippen molar-refractivity contribution >= 4 is 38.3 Å². The van der Waals surface area contributed by atoms with E-state index in [1.807, 2.05) is 49.4 Å². The zero-order valence-electron chi connectivity index (χ0n) is 15.2. The fourth-order valence-electron chi connectivity index (χ4n) is 2.98. The molecule has 0 bridgehead atoms. The molecule has 0 radical (unpaired) electrons. The molecule has 0 fully saturated rings. The number of carbonyl (C=O) groups is 1. The van der Waals surface area contributed by atoms with Crippen LogP contribution in [0.3, 0.4) is 0 Å². The van der Waals surface area contributed by atoms with Gasteiger partial charge in [-0.2, -0.15) is 5.10 Å². The largest absolute Gasteiger partial charge is 0.272 e. The molecule has 0 saturated carbocycles. The molecule has 2 heterocycles. The number of amides is 1. The highest BCUT2D eigenvalue weighted by Crippen LogP contribution is 2.35. The maximum Gasteiger partial charge on any atom is 0.257 e. The third-order valence-corrected chi connectivity index (χ3v) is 5.60. The van der Waals surface area contributed by atoms with E-state index in [1.54, 1.807) is 22.0 Å². The molecule has 27 heavy (non-hydrogen) atoms. The number of nitrogens with zero attached hydrogens (tertiary/aromatic N) is 4. The Morgan fingerprint density at radius 1 is 1.15 bits per heavy atom. The van der Waals surface area contributed by atoms with Gasteiger partial charge >= 0.3 is 0 Å². The van der Waals surface area contributed by atoms with E-state index in [-0.39, 0.29) is 5.91 Å². The number of thiazole rings is 1. The van der Waals surface area contributed by atoms with Crippen LogP contribution in [0.15, 0.2) is 67.0 Å². The van der Waals surface area contributed by atoms with E-state index in [0.29, 0.717) is 5.13 Å². The molecule has 4 rings (SSSR count). The maximum absolute atomic E-state index is 13.4. The zero-order chi connectivity index (χ0) is 18.8. The second kappa shape index (κ2) is 7.32. The SMILES string of the molecule is CCc1ccc(N(C(=O)C(C)n2cccn2)c2nc3ccccc3s2)cc1. The van der Waals surface area contributed by atoms with Crippen molar-refractivity contribution in [3.63, 3.8) is 0 Å². The Hall–Kier alpha value is -2.99. The molecule has 1 atom stereocenters. The molecular formula is C21H20N4OS. The second-order valence-corrected chi connectivity index (χ2v) is 7.33. The number of rotatable bonds is 5. The van der Waals surface area contributed by atoms with Crippen molar-refractivity contribution in [2.45, 2.75) is 26.3 Å². The first kappa shape index (κ1) is 17.4. The molecule has 0 N–H and O–H groups in total. The van der Waals surface area contributed by atoms with Gasteiger partial charge in [0.2, 0.25) is 0 Å². The third kappa shape index (κ3) is 3.36. The van der Waals surface area contributed by atoms with Crippen LogP contribution in [0.2, 0.25) is 0 Å². The summed E-state index contributed by atoms with van der Waals surface area (Å²) in [5, 5.41) is 4.90. The molecule has 2 aromatic carbocycles. The number of carbonyl (C=O) groups excluding carboxylic acids is 1. The van der Waals surface area contributed by atoms with Crippen LogP contribution in [0.5, 0.6) is 0 Å². The van der Waals surface area contributed by atoms with Gasteiger partial charge in [-0.25, -0.2) is 4.98 Å². The van der Waals surface area contributed by atoms with E-state index in [1.165, 1.54) is 16.9 Å². The fraction of sp³-hybridized carbons (Fsp3) is 0.190. The van der Waals surface area contributed by atoms with Crippen LogP contribution in [0.4, 0.5) is 10.8 Å². The third-order valence-electron chi connectivity index (χ3n) is 4.58. The van der Waals surface area contributed by atoms with Gasteiger partial charge in [-0.05, 0) is 49.2 Å². The molecule has 5 nitrogen and oxygen atoms in total. The van der Waals surface area contributed by atoms with Gasteiger partial charge in [-0.1, -0.05) is 42.5 Å². The quantitative estimate of drug-likeness (QED) is 0.493. The highest BCUT2D eigenvalue weighted by atomic mass is 32.1. The number of anilines is 2. The number of fused-ring (bicyclic) bond motifs is 1. The summed E-state index contributed by atoms with van der Waals surface area (Å²) >= 11 is 1.52. The van der Waals surface area contributed by atoms with Crippen LogP contribution in [0.1, 0.15) is 25.5 Å². The predicted octanol–water partition coefficient (Wildman–Crippen LogP) is 4.98. The average Bonchev–Trinajstić information content (AvgIpc) is 3.37. The normalized spacial score (nSPS) is 12.2. The minimum atomic E-state index is -0.433. The number of aromatic nitrogens is 3. The van der Waals surface area contributed by atoms with E-state index >= 15 is 0 Å². The highest BCUT2D eigenvalue weighted by molar-refractivity contribution is 7.22. The molecular weight excluding hydrogens is 356 g/mol. The smallest absolute Gasteiger partial charge is 0.257 e. The molecule has 136 valence electrons. The van der Waals surface area contributed by atoms with Gasteiger partial charge in [0.05, 0.1) is 15.9 Å². The Bertz CT molecular complexity index is 1020. The van der Waals surface area contributed by atoms with Crippen LogP contribution in [-0.2, 0) is 11.2 Å². The summed E-state index contributed by atoms with van der Waals surface area (Å²) in [6.07, 6.45) is 4.44. The summed E-state index contributed by atoms with van der Waals surface area (Å²) in [6.45, 7) is 3.97. The average molecular weight is 376 g/mol.